The van der Waals surface area contributed by atoms with E-state index in [1.807, 2.05) is 31.1 Å². The summed E-state index contributed by atoms with van der Waals surface area (Å²) in [6.07, 6.45) is 1.88. The summed E-state index contributed by atoms with van der Waals surface area (Å²) in [5, 5.41) is -0.196. The van der Waals surface area contributed by atoms with Crippen LogP contribution in [0.1, 0.15) is 29.3 Å². The number of hydrogen-bond acceptors (Lipinski definition) is 4. The predicted molar refractivity (Wildman–Crippen MR) is 118 cm³/mol. The molecule has 0 radical (unpaired) electrons. The molecule has 29 heavy (non-hydrogen) atoms. The Hall–Kier alpha value is -2.05. The van der Waals surface area contributed by atoms with Crippen LogP contribution < -0.4 is 4.90 Å². The number of thioether (sulfide) groups is 1. The van der Waals surface area contributed by atoms with Gasteiger partial charge in [-0.2, -0.15) is 0 Å². The van der Waals surface area contributed by atoms with Crippen molar-refractivity contribution >= 4 is 23.4 Å². The summed E-state index contributed by atoms with van der Waals surface area (Å²) in [5.74, 6) is 0.363. The van der Waals surface area contributed by atoms with Crippen molar-refractivity contribution in [2.75, 3.05) is 37.8 Å². The van der Waals surface area contributed by atoms with E-state index in [2.05, 4.69) is 34.1 Å². The van der Waals surface area contributed by atoms with E-state index in [1.54, 1.807) is 17.8 Å². The molecule has 4 nitrogen and oxygen atoms in total. The Morgan fingerprint density at radius 3 is 2.41 bits per heavy atom. The summed E-state index contributed by atoms with van der Waals surface area (Å²) >= 11 is 1.55. The van der Waals surface area contributed by atoms with Gasteiger partial charge in [0.2, 0.25) is 5.91 Å². The molecule has 1 atom stereocenters. The Morgan fingerprint density at radius 1 is 1.07 bits per heavy atom. The van der Waals surface area contributed by atoms with Gasteiger partial charge in [0.1, 0.15) is 11.2 Å². The van der Waals surface area contributed by atoms with E-state index >= 15 is 0 Å². The van der Waals surface area contributed by atoms with Crippen LogP contribution >= 0.6 is 11.8 Å². The van der Waals surface area contributed by atoms with Crippen molar-refractivity contribution in [3.8, 4) is 0 Å². The minimum atomic E-state index is -0.219. The highest BCUT2D eigenvalue weighted by atomic mass is 32.2. The lowest BCUT2D eigenvalue weighted by molar-refractivity contribution is -0.131. The summed E-state index contributed by atoms with van der Waals surface area (Å²) in [7, 11) is 4.10. The van der Waals surface area contributed by atoms with E-state index < -0.39 is 0 Å². The second-order valence-corrected chi connectivity index (χ2v) is 9.12. The van der Waals surface area contributed by atoms with Crippen LogP contribution in [0.2, 0.25) is 0 Å². The van der Waals surface area contributed by atoms with Crippen molar-refractivity contribution in [2.45, 2.75) is 30.8 Å². The van der Waals surface area contributed by atoms with E-state index in [0.29, 0.717) is 11.3 Å². The van der Waals surface area contributed by atoms with Crippen molar-refractivity contribution < 1.29 is 9.18 Å². The molecule has 0 bridgehead atoms. The van der Waals surface area contributed by atoms with Crippen LogP contribution in [0, 0.1) is 5.82 Å². The molecule has 0 spiro atoms. The highest BCUT2D eigenvalue weighted by Gasteiger charge is 2.39. The number of hydrogen-bond donors (Lipinski definition) is 0. The largest absolute Gasteiger partial charge is 0.378 e. The lowest BCUT2D eigenvalue weighted by Crippen LogP contribution is -2.46. The van der Waals surface area contributed by atoms with Gasteiger partial charge in [-0.25, -0.2) is 4.39 Å². The van der Waals surface area contributed by atoms with Crippen LogP contribution in [0.4, 0.5) is 10.1 Å². The van der Waals surface area contributed by atoms with Crippen LogP contribution in [0.25, 0.3) is 0 Å². The SMILES string of the molecule is CN(C)c1ccc(CN2CCC(N3C(=O)CSC3c3ccccc3F)CC2)cc1. The number of nitrogens with zero attached hydrogens (tertiary/aromatic N) is 3. The van der Waals surface area contributed by atoms with Gasteiger partial charge < -0.3 is 9.80 Å². The maximum absolute atomic E-state index is 14.3. The molecule has 2 fully saturated rings. The molecule has 2 aliphatic rings. The normalized spacial score (nSPS) is 21.0. The van der Waals surface area contributed by atoms with E-state index in [1.165, 1.54) is 17.3 Å². The van der Waals surface area contributed by atoms with Crippen LogP contribution in [0.15, 0.2) is 48.5 Å². The van der Waals surface area contributed by atoms with Gasteiger partial charge in [-0.3, -0.25) is 9.69 Å². The number of anilines is 1. The van der Waals surface area contributed by atoms with Gasteiger partial charge in [-0.15, -0.1) is 11.8 Å². The molecule has 0 aliphatic carbocycles. The van der Waals surface area contributed by atoms with Crippen molar-refractivity contribution in [2.24, 2.45) is 0 Å². The van der Waals surface area contributed by atoms with Crippen LogP contribution in [0.3, 0.4) is 0 Å². The van der Waals surface area contributed by atoms with Gasteiger partial charge in [0.25, 0.3) is 0 Å². The Labute approximate surface area is 176 Å². The van der Waals surface area contributed by atoms with Crippen LogP contribution in [-0.4, -0.2) is 54.7 Å². The monoisotopic (exact) mass is 413 g/mol. The quantitative estimate of drug-likeness (QED) is 0.736. The Balaban J connectivity index is 1.38. The molecule has 6 heteroatoms. The lowest BCUT2D eigenvalue weighted by atomic mass is 10.0. The van der Waals surface area contributed by atoms with Gasteiger partial charge in [0, 0.05) is 51.0 Å². The molecule has 154 valence electrons. The van der Waals surface area contributed by atoms with Gasteiger partial charge in [-0.1, -0.05) is 30.3 Å². The first-order valence-electron chi connectivity index (χ1n) is 10.2. The van der Waals surface area contributed by atoms with Gasteiger partial charge in [-0.05, 0) is 36.6 Å². The molecule has 4 rings (SSSR count). The predicted octanol–water partition coefficient (Wildman–Crippen LogP) is 4.13. The molecule has 2 aliphatic heterocycles. The maximum atomic E-state index is 14.3. The number of carbonyl (C=O) groups excluding carboxylic acids is 1. The van der Waals surface area contributed by atoms with E-state index in [0.717, 1.165) is 32.5 Å². The Morgan fingerprint density at radius 2 is 1.76 bits per heavy atom. The fraction of sp³-hybridized carbons (Fsp3) is 0.435. The molecular formula is C23H28FN3OS. The Bertz CT molecular complexity index is 849. The first-order chi connectivity index (χ1) is 14.0. The number of carbonyl (C=O) groups is 1. The third kappa shape index (κ3) is 4.43. The van der Waals surface area contributed by atoms with Crippen LogP contribution in [-0.2, 0) is 11.3 Å². The second kappa shape index (κ2) is 8.76. The van der Waals surface area contributed by atoms with Crippen molar-refractivity contribution in [1.82, 2.24) is 9.80 Å². The van der Waals surface area contributed by atoms with Crippen molar-refractivity contribution in [1.29, 1.82) is 0 Å². The number of benzene rings is 2. The minimum absolute atomic E-state index is 0.140. The zero-order valence-corrected chi connectivity index (χ0v) is 17.9. The van der Waals surface area contributed by atoms with Gasteiger partial charge in [0.15, 0.2) is 0 Å². The first kappa shape index (κ1) is 20.2. The molecular weight excluding hydrogens is 385 g/mol. The number of amides is 1. The molecule has 1 amide bonds. The van der Waals surface area contributed by atoms with Crippen LogP contribution in [0.5, 0.6) is 0 Å². The Kier molecular flexibility index (Phi) is 6.11. The second-order valence-electron chi connectivity index (χ2n) is 8.05. The topological polar surface area (TPSA) is 26.8 Å². The smallest absolute Gasteiger partial charge is 0.234 e. The fourth-order valence-corrected chi connectivity index (χ4v) is 5.53. The molecule has 1 unspecified atom stereocenters. The van der Waals surface area contributed by atoms with Crippen molar-refractivity contribution in [3.05, 3.63) is 65.5 Å². The average Bonchev–Trinajstić information content (AvgIpc) is 3.10. The summed E-state index contributed by atoms with van der Waals surface area (Å²) in [6, 6.07) is 15.7. The zero-order chi connectivity index (χ0) is 20.4. The summed E-state index contributed by atoms with van der Waals surface area (Å²) in [4.78, 5) is 19.1. The van der Waals surface area contributed by atoms with E-state index in [9.17, 15) is 9.18 Å². The number of piperidine rings is 1. The molecule has 2 aromatic carbocycles. The lowest BCUT2D eigenvalue weighted by Gasteiger charge is -2.39. The number of rotatable bonds is 5. The van der Waals surface area contributed by atoms with Gasteiger partial charge >= 0.3 is 0 Å². The minimum Gasteiger partial charge on any atom is -0.378 e. The third-order valence-electron chi connectivity index (χ3n) is 5.89. The molecule has 0 aromatic heterocycles. The zero-order valence-electron chi connectivity index (χ0n) is 17.1. The molecule has 0 saturated carbocycles. The average molecular weight is 414 g/mol. The molecule has 0 N–H and O–H groups in total. The first-order valence-corrected chi connectivity index (χ1v) is 11.2. The maximum Gasteiger partial charge on any atom is 0.234 e. The summed E-state index contributed by atoms with van der Waals surface area (Å²) in [5.41, 5.74) is 3.15. The molecule has 2 saturated heterocycles. The van der Waals surface area contributed by atoms with Gasteiger partial charge in [0.05, 0.1) is 5.75 Å². The number of halogens is 1. The highest BCUT2D eigenvalue weighted by molar-refractivity contribution is 8.00. The van der Waals surface area contributed by atoms with Crippen molar-refractivity contribution in [3.63, 3.8) is 0 Å². The number of likely N-dealkylation sites (tertiary alicyclic amines) is 1. The van der Waals surface area contributed by atoms with E-state index in [4.69, 9.17) is 0 Å². The summed E-state index contributed by atoms with van der Waals surface area (Å²) < 4.78 is 14.3. The standard InChI is InChI=1S/C23H28FN3OS/c1-25(2)18-9-7-17(8-10-18)15-26-13-11-19(12-14-26)27-22(28)16-29-23(27)20-5-3-4-6-21(20)24/h3-10,19,23H,11-16H2,1-2H3. The molecule has 2 heterocycles. The summed E-state index contributed by atoms with van der Waals surface area (Å²) in [6.45, 7) is 2.84. The fourth-order valence-electron chi connectivity index (χ4n) is 4.26. The highest BCUT2D eigenvalue weighted by Crippen LogP contribution is 2.42. The third-order valence-corrected chi connectivity index (χ3v) is 7.10. The van der Waals surface area contributed by atoms with E-state index in [-0.39, 0.29) is 23.1 Å². The molecule has 2 aromatic rings.